The van der Waals surface area contributed by atoms with Crippen LogP contribution in [0.4, 0.5) is 0 Å². The smallest absolute Gasteiger partial charge is 0.313 e. The van der Waals surface area contributed by atoms with Gasteiger partial charge in [0.1, 0.15) is 18.8 Å². The van der Waals surface area contributed by atoms with Crippen LogP contribution in [0.2, 0.25) is 0 Å². The second kappa shape index (κ2) is 6.64. The van der Waals surface area contributed by atoms with E-state index >= 15 is 0 Å². The number of benzene rings is 1. The molecule has 98 valence electrons. The van der Waals surface area contributed by atoms with Gasteiger partial charge in [0, 0.05) is 0 Å². The Balaban J connectivity index is 2.63. The molecule has 0 saturated heterocycles. The first-order chi connectivity index (χ1) is 8.56. The van der Waals surface area contributed by atoms with Crippen LogP contribution < -0.4 is 9.47 Å². The van der Waals surface area contributed by atoms with Crippen molar-refractivity contribution >= 4 is 11.8 Å². The van der Waals surface area contributed by atoms with Gasteiger partial charge in [-0.1, -0.05) is 6.07 Å². The third-order valence-corrected chi connectivity index (χ3v) is 2.24. The molecule has 1 rings (SSSR count). The van der Waals surface area contributed by atoms with E-state index in [-0.39, 0.29) is 18.8 Å². The summed E-state index contributed by atoms with van der Waals surface area (Å²) in [5.41, 5.74) is 0.768. The first-order valence-corrected chi connectivity index (χ1v) is 5.42. The van der Waals surface area contributed by atoms with Gasteiger partial charge in [-0.25, -0.2) is 0 Å². The van der Waals surface area contributed by atoms with Crippen molar-refractivity contribution in [1.82, 2.24) is 0 Å². The predicted molar refractivity (Wildman–Crippen MR) is 64.6 cm³/mol. The number of carbonyl (C=O) groups excluding carboxylic acids is 2. The molecule has 0 spiro atoms. The molecule has 18 heavy (non-hydrogen) atoms. The SMILES string of the molecule is COc1ccc(COC(=O)CC(C)=O)cc1OC. The Hall–Kier alpha value is -2.04. The largest absolute Gasteiger partial charge is 0.493 e. The van der Waals surface area contributed by atoms with Crippen molar-refractivity contribution in [2.24, 2.45) is 0 Å². The summed E-state index contributed by atoms with van der Waals surface area (Å²) in [4.78, 5) is 21.9. The number of ketones is 1. The molecule has 0 bridgehead atoms. The average molecular weight is 252 g/mol. The normalized spacial score (nSPS) is 9.72. The van der Waals surface area contributed by atoms with Gasteiger partial charge in [-0.05, 0) is 24.6 Å². The van der Waals surface area contributed by atoms with E-state index < -0.39 is 5.97 Å². The summed E-state index contributed by atoms with van der Waals surface area (Å²) in [7, 11) is 3.08. The van der Waals surface area contributed by atoms with Gasteiger partial charge in [0.15, 0.2) is 11.5 Å². The van der Waals surface area contributed by atoms with E-state index in [1.807, 2.05) is 0 Å². The van der Waals surface area contributed by atoms with E-state index in [1.54, 1.807) is 25.3 Å². The standard InChI is InChI=1S/C13H16O5/c1-9(14)6-13(15)18-8-10-4-5-11(16-2)12(7-10)17-3/h4-5,7H,6,8H2,1-3H3. The molecule has 0 aliphatic carbocycles. The van der Waals surface area contributed by atoms with Crippen LogP contribution in [0.25, 0.3) is 0 Å². The molecule has 0 radical (unpaired) electrons. The fourth-order valence-corrected chi connectivity index (χ4v) is 1.39. The molecule has 5 heteroatoms. The summed E-state index contributed by atoms with van der Waals surface area (Å²) >= 11 is 0. The van der Waals surface area contributed by atoms with Gasteiger partial charge < -0.3 is 14.2 Å². The molecule has 1 aromatic rings. The number of rotatable bonds is 6. The molecule has 5 nitrogen and oxygen atoms in total. The van der Waals surface area contributed by atoms with Crippen LogP contribution in [0.5, 0.6) is 11.5 Å². The van der Waals surface area contributed by atoms with Gasteiger partial charge in [0.25, 0.3) is 0 Å². The number of hydrogen-bond acceptors (Lipinski definition) is 5. The zero-order valence-electron chi connectivity index (χ0n) is 10.7. The minimum Gasteiger partial charge on any atom is -0.493 e. The van der Waals surface area contributed by atoms with Crippen LogP contribution in [0, 0.1) is 0 Å². The van der Waals surface area contributed by atoms with E-state index in [1.165, 1.54) is 14.0 Å². The van der Waals surface area contributed by atoms with Crippen molar-refractivity contribution in [2.45, 2.75) is 20.0 Å². The van der Waals surface area contributed by atoms with Crippen molar-refractivity contribution in [3.05, 3.63) is 23.8 Å². The zero-order valence-corrected chi connectivity index (χ0v) is 10.7. The summed E-state index contributed by atoms with van der Waals surface area (Å²) in [5, 5.41) is 0. The summed E-state index contributed by atoms with van der Waals surface area (Å²) < 4.78 is 15.2. The van der Waals surface area contributed by atoms with Gasteiger partial charge in [-0.2, -0.15) is 0 Å². The Bertz CT molecular complexity index is 439. The molecule has 0 N–H and O–H groups in total. The highest BCUT2D eigenvalue weighted by atomic mass is 16.5. The van der Waals surface area contributed by atoms with Crippen LogP contribution >= 0.6 is 0 Å². The average Bonchev–Trinajstić information content (AvgIpc) is 2.35. The summed E-state index contributed by atoms with van der Waals surface area (Å²) in [6.45, 7) is 1.45. The van der Waals surface area contributed by atoms with Crippen molar-refractivity contribution in [3.63, 3.8) is 0 Å². The minimum atomic E-state index is -0.530. The quantitative estimate of drug-likeness (QED) is 0.570. The second-order valence-corrected chi connectivity index (χ2v) is 3.73. The van der Waals surface area contributed by atoms with Crippen molar-refractivity contribution in [3.8, 4) is 11.5 Å². The molecule has 0 heterocycles. The first kappa shape index (κ1) is 14.0. The lowest BCUT2D eigenvalue weighted by molar-refractivity contribution is -0.146. The highest BCUT2D eigenvalue weighted by molar-refractivity contribution is 5.94. The van der Waals surface area contributed by atoms with Gasteiger partial charge in [0.05, 0.1) is 14.2 Å². The van der Waals surface area contributed by atoms with Crippen LogP contribution in [-0.4, -0.2) is 26.0 Å². The topological polar surface area (TPSA) is 61.8 Å². The maximum Gasteiger partial charge on any atom is 0.313 e. The highest BCUT2D eigenvalue weighted by Gasteiger charge is 2.08. The van der Waals surface area contributed by atoms with Gasteiger partial charge in [-0.15, -0.1) is 0 Å². The summed E-state index contributed by atoms with van der Waals surface area (Å²) in [6, 6.07) is 5.22. The van der Waals surface area contributed by atoms with Crippen molar-refractivity contribution in [1.29, 1.82) is 0 Å². The van der Waals surface area contributed by atoms with E-state index in [0.29, 0.717) is 11.5 Å². The maximum absolute atomic E-state index is 11.2. The van der Waals surface area contributed by atoms with Crippen molar-refractivity contribution < 1.29 is 23.8 Å². The van der Waals surface area contributed by atoms with Gasteiger partial charge >= 0.3 is 5.97 Å². The second-order valence-electron chi connectivity index (χ2n) is 3.73. The zero-order chi connectivity index (χ0) is 13.5. The maximum atomic E-state index is 11.2. The molecule has 0 aromatic heterocycles. The van der Waals surface area contributed by atoms with Crippen LogP contribution in [0.1, 0.15) is 18.9 Å². The third-order valence-electron chi connectivity index (χ3n) is 2.24. The fourth-order valence-electron chi connectivity index (χ4n) is 1.39. The lowest BCUT2D eigenvalue weighted by Gasteiger charge is -2.09. The lowest BCUT2D eigenvalue weighted by Crippen LogP contribution is -2.08. The fraction of sp³-hybridized carbons (Fsp3) is 0.385. The van der Waals surface area contributed by atoms with Crippen LogP contribution in [-0.2, 0) is 20.9 Å². The Labute approximate surface area is 106 Å². The Kier molecular flexibility index (Phi) is 5.17. The van der Waals surface area contributed by atoms with Crippen LogP contribution in [0.15, 0.2) is 18.2 Å². The lowest BCUT2D eigenvalue weighted by atomic mass is 10.2. The number of carbonyl (C=O) groups is 2. The number of ether oxygens (including phenoxy) is 3. The molecule has 0 atom stereocenters. The van der Waals surface area contributed by atoms with E-state index in [2.05, 4.69) is 0 Å². The van der Waals surface area contributed by atoms with E-state index in [0.717, 1.165) is 5.56 Å². The Morgan fingerprint density at radius 2 is 1.78 bits per heavy atom. The van der Waals surface area contributed by atoms with Crippen LogP contribution in [0.3, 0.4) is 0 Å². The van der Waals surface area contributed by atoms with Gasteiger partial charge in [-0.3, -0.25) is 9.59 Å². The summed E-state index contributed by atoms with van der Waals surface area (Å²) in [5.74, 6) is 0.429. The number of methoxy groups -OCH3 is 2. The molecular formula is C13H16O5. The molecule has 0 saturated carbocycles. The predicted octanol–water partition coefficient (Wildman–Crippen LogP) is 1.73. The van der Waals surface area contributed by atoms with Crippen molar-refractivity contribution in [2.75, 3.05) is 14.2 Å². The monoisotopic (exact) mass is 252 g/mol. The molecule has 0 fully saturated rings. The van der Waals surface area contributed by atoms with Gasteiger partial charge in [0.2, 0.25) is 0 Å². The number of Topliss-reactive ketones (excluding diaryl/α,β-unsaturated/α-hetero) is 1. The molecular weight excluding hydrogens is 236 g/mol. The first-order valence-electron chi connectivity index (χ1n) is 5.42. The summed E-state index contributed by atoms with van der Waals surface area (Å²) in [6.07, 6.45) is -0.201. The molecule has 0 aliphatic heterocycles. The Morgan fingerprint density at radius 3 is 2.33 bits per heavy atom. The third kappa shape index (κ3) is 4.08. The molecule has 0 unspecified atom stereocenters. The Morgan fingerprint density at radius 1 is 1.11 bits per heavy atom. The van der Waals surface area contributed by atoms with E-state index in [9.17, 15) is 9.59 Å². The minimum absolute atomic E-state index is 0.104. The number of hydrogen-bond donors (Lipinski definition) is 0. The molecule has 0 aliphatic rings. The molecule has 1 aromatic carbocycles. The highest BCUT2D eigenvalue weighted by Crippen LogP contribution is 2.27. The number of esters is 1. The molecule has 0 amide bonds. The van der Waals surface area contributed by atoms with E-state index in [4.69, 9.17) is 14.2 Å².